The lowest BCUT2D eigenvalue weighted by atomic mass is 9.90. The monoisotopic (exact) mass is 340 g/mol. The van der Waals surface area contributed by atoms with E-state index in [1.807, 2.05) is 20.8 Å². The molecule has 0 aromatic heterocycles. The first kappa shape index (κ1) is 14.2. The van der Waals surface area contributed by atoms with Crippen LogP contribution in [0.5, 0.6) is 0 Å². The number of alkyl halides is 1. The molecule has 0 aromatic rings. The summed E-state index contributed by atoms with van der Waals surface area (Å²) in [5.74, 6) is 0.143. The SMILES string of the molecule is CCC(I)C(=O)OC1CCC(C(C)(C)O)C1. The minimum atomic E-state index is -0.657. The van der Waals surface area contributed by atoms with Crippen LogP contribution in [0.2, 0.25) is 0 Å². The van der Waals surface area contributed by atoms with E-state index in [9.17, 15) is 9.90 Å². The molecule has 0 amide bonds. The highest BCUT2D eigenvalue weighted by molar-refractivity contribution is 14.1. The number of carbonyl (C=O) groups is 1. The zero-order valence-corrected chi connectivity index (χ0v) is 12.4. The summed E-state index contributed by atoms with van der Waals surface area (Å²) in [6.45, 7) is 5.64. The lowest BCUT2D eigenvalue weighted by molar-refractivity contribution is -0.148. The fourth-order valence-electron chi connectivity index (χ4n) is 2.09. The van der Waals surface area contributed by atoms with Crippen molar-refractivity contribution in [2.75, 3.05) is 0 Å². The molecule has 1 aliphatic rings. The summed E-state index contributed by atoms with van der Waals surface area (Å²) < 4.78 is 5.39. The highest BCUT2D eigenvalue weighted by atomic mass is 127. The van der Waals surface area contributed by atoms with Gasteiger partial charge in [-0.15, -0.1) is 0 Å². The van der Waals surface area contributed by atoms with E-state index in [1.165, 1.54) is 0 Å². The Morgan fingerprint density at radius 1 is 1.56 bits per heavy atom. The molecule has 0 bridgehead atoms. The van der Waals surface area contributed by atoms with Crippen LogP contribution in [0.4, 0.5) is 0 Å². The van der Waals surface area contributed by atoms with Crippen molar-refractivity contribution >= 4 is 28.6 Å². The van der Waals surface area contributed by atoms with Gasteiger partial charge in [-0.05, 0) is 45.4 Å². The smallest absolute Gasteiger partial charge is 0.319 e. The molecule has 0 radical (unpaired) electrons. The van der Waals surface area contributed by atoms with E-state index in [-0.39, 0.29) is 21.9 Å². The Morgan fingerprint density at radius 2 is 2.19 bits per heavy atom. The maximum absolute atomic E-state index is 11.6. The maximum Gasteiger partial charge on any atom is 0.319 e. The molecule has 4 heteroatoms. The number of carbonyl (C=O) groups excluding carboxylic acids is 1. The van der Waals surface area contributed by atoms with Crippen LogP contribution in [-0.4, -0.2) is 26.7 Å². The van der Waals surface area contributed by atoms with Gasteiger partial charge >= 0.3 is 5.97 Å². The Morgan fingerprint density at radius 3 is 2.62 bits per heavy atom. The third-order valence-electron chi connectivity index (χ3n) is 3.28. The average molecular weight is 340 g/mol. The first-order chi connectivity index (χ1) is 7.34. The lowest BCUT2D eigenvalue weighted by Gasteiger charge is -2.25. The molecule has 0 heterocycles. The Kier molecular flexibility index (Phi) is 5.04. The van der Waals surface area contributed by atoms with Crippen LogP contribution in [0.3, 0.4) is 0 Å². The topological polar surface area (TPSA) is 46.5 Å². The van der Waals surface area contributed by atoms with Gasteiger partial charge in [-0.1, -0.05) is 29.5 Å². The summed E-state index contributed by atoms with van der Waals surface area (Å²) in [5.41, 5.74) is -0.657. The van der Waals surface area contributed by atoms with Gasteiger partial charge in [0, 0.05) is 0 Å². The van der Waals surface area contributed by atoms with Gasteiger partial charge in [-0.25, -0.2) is 0 Å². The molecule has 0 spiro atoms. The molecule has 0 saturated heterocycles. The van der Waals surface area contributed by atoms with Crippen molar-refractivity contribution in [1.29, 1.82) is 0 Å². The minimum Gasteiger partial charge on any atom is -0.462 e. The van der Waals surface area contributed by atoms with E-state index >= 15 is 0 Å². The Hall–Kier alpha value is 0.160. The van der Waals surface area contributed by atoms with Crippen LogP contribution in [0, 0.1) is 5.92 Å². The largest absolute Gasteiger partial charge is 0.462 e. The van der Waals surface area contributed by atoms with Crippen molar-refractivity contribution in [2.45, 2.75) is 62.1 Å². The first-order valence-electron chi connectivity index (χ1n) is 5.91. The molecule has 0 aliphatic heterocycles. The second kappa shape index (κ2) is 5.67. The van der Waals surface area contributed by atoms with Crippen LogP contribution >= 0.6 is 22.6 Å². The molecule has 94 valence electrons. The molecule has 3 atom stereocenters. The van der Waals surface area contributed by atoms with Gasteiger partial charge < -0.3 is 9.84 Å². The van der Waals surface area contributed by atoms with Gasteiger partial charge in [0.1, 0.15) is 10.0 Å². The number of hydrogen-bond acceptors (Lipinski definition) is 3. The Labute approximate surface area is 111 Å². The number of hydrogen-bond donors (Lipinski definition) is 1. The first-order valence-corrected chi connectivity index (χ1v) is 7.16. The van der Waals surface area contributed by atoms with Crippen LogP contribution in [0.15, 0.2) is 0 Å². The van der Waals surface area contributed by atoms with Crippen molar-refractivity contribution < 1.29 is 14.6 Å². The molecule has 1 N–H and O–H groups in total. The Bertz CT molecular complexity index is 247. The predicted octanol–water partition coefficient (Wildman–Crippen LogP) is 2.68. The second-order valence-electron chi connectivity index (χ2n) is 5.10. The molecule has 1 fully saturated rings. The lowest BCUT2D eigenvalue weighted by Crippen LogP contribution is -2.30. The van der Waals surface area contributed by atoms with Gasteiger partial charge in [0.2, 0.25) is 0 Å². The summed E-state index contributed by atoms with van der Waals surface area (Å²) >= 11 is 2.12. The molecule has 3 nitrogen and oxygen atoms in total. The van der Waals surface area contributed by atoms with E-state index in [4.69, 9.17) is 4.74 Å². The van der Waals surface area contributed by atoms with E-state index in [0.717, 1.165) is 25.7 Å². The zero-order chi connectivity index (χ0) is 12.3. The van der Waals surface area contributed by atoms with Crippen molar-refractivity contribution in [2.24, 2.45) is 5.92 Å². The van der Waals surface area contributed by atoms with E-state index in [1.54, 1.807) is 0 Å². The summed E-state index contributed by atoms with van der Waals surface area (Å²) in [7, 11) is 0. The van der Waals surface area contributed by atoms with E-state index in [2.05, 4.69) is 22.6 Å². The van der Waals surface area contributed by atoms with Crippen molar-refractivity contribution in [3.8, 4) is 0 Å². The third-order valence-corrected chi connectivity index (χ3v) is 4.67. The summed E-state index contributed by atoms with van der Waals surface area (Å²) in [6.07, 6.45) is 3.43. The summed E-state index contributed by atoms with van der Waals surface area (Å²) in [6, 6.07) is 0. The summed E-state index contributed by atoms with van der Waals surface area (Å²) in [4.78, 5) is 11.6. The van der Waals surface area contributed by atoms with E-state index in [0.29, 0.717) is 0 Å². The van der Waals surface area contributed by atoms with Crippen LogP contribution in [0.1, 0.15) is 46.5 Å². The van der Waals surface area contributed by atoms with Gasteiger partial charge in [0.15, 0.2) is 0 Å². The van der Waals surface area contributed by atoms with Crippen molar-refractivity contribution in [3.63, 3.8) is 0 Å². The standard InChI is InChI=1S/C12H21IO3/c1-4-10(13)11(14)16-9-6-5-8(7-9)12(2,3)15/h8-10,15H,4-7H2,1-3H3. The fourth-order valence-corrected chi connectivity index (χ4v) is 2.24. The quantitative estimate of drug-likeness (QED) is 0.486. The van der Waals surface area contributed by atoms with Crippen LogP contribution in [0.25, 0.3) is 0 Å². The zero-order valence-electron chi connectivity index (χ0n) is 10.2. The molecule has 3 unspecified atom stereocenters. The highest BCUT2D eigenvalue weighted by Gasteiger charge is 2.36. The van der Waals surface area contributed by atoms with Crippen molar-refractivity contribution in [1.82, 2.24) is 0 Å². The van der Waals surface area contributed by atoms with Gasteiger partial charge in [0.25, 0.3) is 0 Å². The molecule has 1 aliphatic carbocycles. The number of halogens is 1. The number of rotatable bonds is 4. The molecular weight excluding hydrogens is 319 g/mol. The second-order valence-corrected chi connectivity index (χ2v) is 6.60. The van der Waals surface area contributed by atoms with Gasteiger partial charge in [0.05, 0.1) is 5.60 Å². The molecule has 16 heavy (non-hydrogen) atoms. The number of esters is 1. The number of ether oxygens (including phenoxy) is 1. The van der Waals surface area contributed by atoms with Gasteiger partial charge in [-0.3, -0.25) is 4.79 Å². The van der Waals surface area contributed by atoms with Gasteiger partial charge in [-0.2, -0.15) is 0 Å². The van der Waals surface area contributed by atoms with Crippen molar-refractivity contribution in [3.05, 3.63) is 0 Å². The molecule has 1 saturated carbocycles. The predicted molar refractivity (Wildman–Crippen MR) is 71.6 cm³/mol. The molecular formula is C12H21IO3. The van der Waals surface area contributed by atoms with E-state index < -0.39 is 5.60 Å². The summed E-state index contributed by atoms with van der Waals surface area (Å²) in [5, 5.41) is 9.88. The maximum atomic E-state index is 11.6. The molecule has 1 rings (SSSR count). The minimum absolute atomic E-state index is 0.00717. The highest BCUT2D eigenvalue weighted by Crippen LogP contribution is 2.35. The molecule has 0 aromatic carbocycles. The average Bonchev–Trinajstić information content (AvgIpc) is 2.64. The van der Waals surface area contributed by atoms with Crippen LogP contribution in [-0.2, 0) is 9.53 Å². The number of aliphatic hydroxyl groups is 1. The van der Waals surface area contributed by atoms with Crippen LogP contribution < -0.4 is 0 Å². The normalized spacial score (nSPS) is 27.8. The Balaban J connectivity index is 2.40. The third kappa shape index (κ3) is 3.87. The fraction of sp³-hybridized carbons (Fsp3) is 0.917.